The molecule has 0 aliphatic heterocycles. The van der Waals surface area contributed by atoms with Crippen LogP contribution in [0.5, 0.6) is 0 Å². The number of nitrogens with zero attached hydrogens (tertiary/aromatic N) is 1. The monoisotopic (exact) mass is 386 g/mol. The lowest BCUT2D eigenvalue weighted by molar-refractivity contribution is -0.384. The van der Waals surface area contributed by atoms with Crippen molar-refractivity contribution in [3.63, 3.8) is 0 Å². The number of benzene rings is 2. The molecule has 0 aliphatic rings. The van der Waals surface area contributed by atoms with Crippen molar-refractivity contribution in [1.82, 2.24) is 0 Å². The first-order chi connectivity index (χ1) is 12.1. The first-order valence-corrected chi connectivity index (χ1v) is 7.40. The van der Waals surface area contributed by atoms with Gasteiger partial charge in [0.25, 0.3) is 5.69 Å². The largest absolute Gasteiger partial charge is 0.416 e. The van der Waals surface area contributed by atoms with Crippen LogP contribution >= 0.6 is 11.6 Å². The van der Waals surface area contributed by atoms with Gasteiger partial charge in [0.15, 0.2) is 5.78 Å². The van der Waals surface area contributed by atoms with E-state index in [1.54, 1.807) is 0 Å². The zero-order valence-corrected chi connectivity index (χ0v) is 13.6. The molecule has 0 spiro atoms. The van der Waals surface area contributed by atoms with Crippen LogP contribution in [0.25, 0.3) is 0 Å². The highest BCUT2D eigenvalue weighted by molar-refractivity contribution is 6.33. The Morgan fingerprint density at radius 3 is 2.27 bits per heavy atom. The van der Waals surface area contributed by atoms with Crippen LogP contribution in [0.2, 0.25) is 5.02 Å². The third-order valence-electron chi connectivity index (χ3n) is 3.29. The Bertz CT molecular complexity index is 867. The van der Waals surface area contributed by atoms with Crippen LogP contribution in [0.4, 0.5) is 24.5 Å². The molecular formula is C16H10ClF3N2O4. The fourth-order valence-electron chi connectivity index (χ4n) is 2.01. The van der Waals surface area contributed by atoms with Gasteiger partial charge >= 0.3 is 6.18 Å². The molecule has 136 valence electrons. The Morgan fingerprint density at radius 2 is 1.73 bits per heavy atom. The molecule has 0 atom stereocenters. The van der Waals surface area contributed by atoms with Crippen molar-refractivity contribution in [3.05, 3.63) is 68.7 Å². The molecule has 0 bridgehead atoms. The third kappa shape index (κ3) is 4.79. The van der Waals surface area contributed by atoms with E-state index in [2.05, 4.69) is 5.32 Å². The summed E-state index contributed by atoms with van der Waals surface area (Å²) in [5.41, 5.74) is -1.44. The SMILES string of the molecule is O=C(CC(=O)c1ccc([N+](=O)[O-])cc1)Nc1cc(C(F)(F)F)ccc1Cl. The van der Waals surface area contributed by atoms with Gasteiger partial charge < -0.3 is 5.32 Å². The van der Waals surface area contributed by atoms with Crippen LogP contribution in [0, 0.1) is 10.1 Å². The Balaban J connectivity index is 2.08. The summed E-state index contributed by atoms with van der Waals surface area (Å²) in [4.78, 5) is 33.8. The molecule has 2 rings (SSSR count). The molecule has 6 nitrogen and oxygen atoms in total. The third-order valence-corrected chi connectivity index (χ3v) is 3.62. The second-order valence-electron chi connectivity index (χ2n) is 5.14. The van der Waals surface area contributed by atoms with E-state index < -0.39 is 34.8 Å². The molecule has 2 aromatic rings. The van der Waals surface area contributed by atoms with Gasteiger partial charge in [-0.2, -0.15) is 13.2 Å². The second-order valence-corrected chi connectivity index (χ2v) is 5.55. The van der Waals surface area contributed by atoms with E-state index >= 15 is 0 Å². The lowest BCUT2D eigenvalue weighted by Crippen LogP contribution is -2.17. The molecule has 0 saturated carbocycles. The highest BCUT2D eigenvalue weighted by Gasteiger charge is 2.31. The molecule has 1 amide bonds. The van der Waals surface area contributed by atoms with Gasteiger partial charge in [-0.05, 0) is 30.3 Å². The average molecular weight is 387 g/mol. The van der Waals surface area contributed by atoms with Gasteiger partial charge in [0.05, 0.1) is 27.6 Å². The molecule has 26 heavy (non-hydrogen) atoms. The maximum Gasteiger partial charge on any atom is 0.416 e. The van der Waals surface area contributed by atoms with E-state index in [0.717, 1.165) is 24.3 Å². The molecule has 0 aromatic heterocycles. The van der Waals surface area contributed by atoms with Crippen LogP contribution in [0.1, 0.15) is 22.3 Å². The van der Waals surface area contributed by atoms with E-state index in [9.17, 15) is 32.9 Å². The number of hydrogen-bond donors (Lipinski definition) is 1. The number of non-ortho nitro benzene ring substituents is 1. The molecule has 0 unspecified atom stereocenters. The number of hydrogen-bond acceptors (Lipinski definition) is 4. The number of nitro benzene ring substituents is 1. The Hall–Kier alpha value is -2.94. The highest BCUT2D eigenvalue weighted by Crippen LogP contribution is 2.33. The predicted octanol–water partition coefficient (Wildman–Crippen LogP) is 4.48. The van der Waals surface area contributed by atoms with Gasteiger partial charge in [-0.1, -0.05) is 11.6 Å². The van der Waals surface area contributed by atoms with Gasteiger partial charge in [0.1, 0.15) is 0 Å². The van der Waals surface area contributed by atoms with Gasteiger partial charge in [-0.25, -0.2) is 0 Å². The van der Waals surface area contributed by atoms with E-state index in [-0.39, 0.29) is 22.0 Å². The topological polar surface area (TPSA) is 89.3 Å². The summed E-state index contributed by atoms with van der Waals surface area (Å²) in [5.74, 6) is -1.52. The summed E-state index contributed by atoms with van der Waals surface area (Å²) >= 11 is 5.76. The summed E-state index contributed by atoms with van der Waals surface area (Å²) in [5, 5.41) is 12.6. The average Bonchev–Trinajstić information content (AvgIpc) is 2.55. The molecular weight excluding hydrogens is 377 g/mol. The standard InChI is InChI=1S/C16H10ClF3N2O4/c17-12-6-3-10(16(18,19)20)7-13(12)21-15(24)8-14(23)9-1-4-11(5-2-9)22(25)26/h1-7H,8H2,(H,21,24). The molecule has 10 heteroatoms. The summed E-state index contributed by atoms with van der Waals surface area (Å²) in [6, 6.07) is 6.99. The maximum absolute atomic E-state index is 12.7. The van der Waals surface area contributed by atoms with Gasteiger partial charge in [0.2, 0.25) is 5.91 Å². The van der Waals surface area contributed by atoms with E-state index in [0.29, 0.717) is 6.07 Å². The minimum Gasteiger partial charge on any atom is -0.324 e. The lowest BCUT2D eigenvalue weighted by atomic mass is 10.1. The molecule has 0 saturated heterocycles. The molecule has 0 fully saturated rings. The molecule has 0 heterocycles. The zero-order valence-electron chi connectivity index (χ0n) is 12.8. The number of anilines is 1. The number of amides is 1. The first-order valence-electron chi connectivity index (χ1n) is 7.02. The van der Waals surface area contributed by atoms with Gasteiger partial charge in [-0.15, -0.1) is 0 Å². The normalized spacial score (nSPS) is 11.1. The number of nitro groups is 1. The van der Waals surface area contributed by atoms with Crippen LogP contribution in [-0.4, -0.2) is 16.6 Å². The van der Waals surface area contributed by atoms with Gasteiger partial charge in [0, 0.05) is 17.7 Å². The minimum absolute atomic E-state index is 0.0564. The Labute approximate surface area is 149 Å². The Morgan fingerprint density at radius 1 is 1.12 bits per heavy atom. The highest BCUT2D eigenvalue weighted by atomic mass is 35.5. The van der Waals surface area contributed by atoms with Crippen molar-refractivity contribution in [2.45, 2.75) is 12.6 Å². The van der Waals surface area contributed by atoms with Crippen molar-refractivity contribution in [2.75, 3.05) is 5.32 Å². The fraction of sp³-hybridized carbons (Fsp3) is 0.125. The second kappa shape index (κ2) is 7.52. The quantitative estimate of drug-likeness (QED) is 0.355. The van der Waals surface area contributed by atoms with E-state index in [4.69, 9.17) is 11.6 Å². The van der Waals surface area contributed by atoms with Crippen molar-refractivity contribution in [1.29, 1.82) is 0 Å². The summed E-state index contributed by atoms with van der Waals surface area (Å²) in [6.07, 6.45) is -5.27. The number of carbonyl (C=O) groups excluding carboxylic acids is 2. The number of alkyl halides is 3. The summed E-state index contributed by atoms with van der Waals surface area (Å²) in [7, 11) is 0. The van der Waals surface area contributed by atoms with Crippen molar-refractivity contribution >= 4 is 34.7 Å². The molecule has 0 aliphatic carbocycles. The zero-order chi connectivity index (χ0) is 19.5. The van der Waals surface area contributed by atoms with Crippen molar-refractivity contribution in [3.8, 4) is 0 Å². The predicted molar refractivity (Wildman–Crippen MR) is 87.1 cm³/mol. The lowest BCUT2D eigenvalue weighted by Gasteiger charge is -2.11. The molecule has 1 N–H and O–H groups in total. The number of carbonyl (C=O) groups is 2. The number of nitrogens with one attached hydrogen (secondary N) is 1. The van der Waals surface area contributed by atoms with Crippen molar-refractivity contribution < 1.29 is 27.7 Å². The first kappa shape index (κ1) is 19.4. The van der Waals surface area contributed by atoms with Crippen LogP contribution in [0.15, 0.2) is 42.5 Å². The van der Waals surface area contributed by atoms with Gasteiger partial charge in [-0.3, -0.25) is 19.7 Å². The number of ketones is 1. The van der Waals surface area contributed by atoms with Crippen molar-refractivity contribution in [2.24, 2.45) is 0 Å². The maximum atomic E-state index is 12.7. The van der Waals surface area contributed by atoms with E-state index in [1.165, 1.54) is 12.1 Å². The number of Topliss-reactive ketones (excluding diaryl/α,β-unsaturated/α-hetero) is 1. The smallest absolute Gasteiger partial charge is 0.324 e. The Kier molecular flexibility index (Phi) is 5.61. The molecule has 0 radical (unpaired) electrons. The fourth-order valence-corrected chi connectivity index (χ4v) is 2.17. The van der Waals surface area contributed by atoms with E-state index in [1.807, 2.05) is 0 Å². The van der Waals surface area contributed by atoms with Crippen LogP contribution < -0.4 is 5.32 Å². The van der Waals surface area contributed by atoms with Crippen LogP contribution in [0.3, 0.4) is 0 Å². The molecule has 2 aromatic carbocycles. The summed E-state index contributed by atoms with van der Waals surface area (Å²) < 4.78 is 38.1. The summed E-state index contributed by atoms with van der Waals surface area (Å²) in [6.45, 7) is 0. The van der Waals surface area contributed by atoms with Crippen LogP contribution in [-0.2, 0) is 11.0 Å². The number of halogens is 4. The number of rotatable bonds is 5. The minimum atomic E-state index is -4.61.